The molecule has 0 bridgehead atoms. The van der Waals surface area contributed by atoms with Crippen molar-refractivity contribution < 1.29 is 18.9 Å². The standard InChI is InChI=1S/C7H14N.Li/c8-6-7-4-2-1-3-5-7;/h7-8H,1-6H2;/q-1;+1. The molecule has 0 unspecified atom stereocenters. The van der Waals surface area contributed by atoms with Crippen LogP contribution in [0.2, 0.25) is 0 Å². The Kier molecular flexibility index (Phi) is 5.68. The molecule has 1 aliphatic carbocycles. The van der Waals surface area contributed by atoms with Crippen molar-refractivity contribution in [2.24, 2.45) is 5.92 Å². The normalized spacial score (nSPS) is 21.0. The monoisotopic (exact) mass is 119 g/mol. The molecule has 0 radical (unpaired) electrons. The largest absolute Gasteiger partial charge is 1.00 e. The van der Waals surface area contributed by atoms with Crippen LogP contribution in [0.1, 0.15) is 32.1 Å². The first-order chi connectivity index (χ1) is 3.93. The minimum Gasteiger partial charge on any atom is -0.677 e. The first kappa shape index (κ1) is 9.56. The van der Waals surface area contributed by atoms with Gasteiger partial charge in [-0.15, -0.1) is 6.54 Å². The maximum atomic E-state index is 7.10. The molecule has 1 rings (SSSR count). The van der Waals surface area contributed by atoms with E-state index in [1.54, 1.807) is 0 Å². The quantitative estimate of drug-likeness (QED) is 0.420. The minimum absolute atomic E-state index is 0. The molecule has 1 aliphatic rings. The third-order valence-corrected chi connectivity index (χ3v) is 2.01. The summed E-state index contributed by atoms with van der Waals surface area (Å²) >= 11 is 0. The number of rotatable bonds is 1. The Hall–Kier alpha value is 0.557. The van der Waals surface area contributed by atoms with Crippen LogP contribution in [0.15, 0.2) is 0 Å². The zero-order valence-electron chi connectivity index (χ0n) is 6.32. The summed E-state index contributed by atoms with van der Waals surface area (Å²) in [6.07, 6.45) is 6.82. The maximum absolute atomic E-state index is 7.10. The van der Waals surface area contributed by atoms with E-state index in [9.17, 15) is 0 Å². The first-order valence-corrected chi connectivity index (χ1v) is 3.58. The first-order valence-electron chi connectivity index (χ1n) is 3.58. The van der Waals surface area contributed by atoms with E-state index in [0.717, 1.165) is 5.92 Å². The summed E-state index contributed by atoms with van der Waals surface area (Å²) in [7, 11) is 0. The molecule has 0 atom stereocenters. The molecule has 1 nitrogen and oxygen atoms in total. The van der Waals surface area contributed by atoms with E-state index >= 15 is 0 Å². The van der Waals surface area contributed by atoms with Crippen molar-refractivity contribution in [2.45, 2.75) is 32.1 Å². The van der Waals surface area contributed by atoms with Crippen LogP contribution in [0.4, 0.5) is 0 Å². The Morgan fingerprint density at radius 1 is 1.11 bits per heavy atom. The molecular weight excluding hydrogens is 105 g/mol. The summed E-state index contributed by atoms with van der Waals surface area (Å²) in [5.41, 5.74) is 7.10. The number of nitrogens with one attached hydrogen (secondary N) is 1. The van der Waals surface area contributed by atoms with Crippen LogP contribution in [0.3, 0.4) is 0 Å². The predicted octanol–water partition coefficient (Wildman–Crippen LogP) is -0.377. The molecular formula is C7H14LiN. The zero-order valence-corrected chi connectivity index (χ0v) is 6.32. The van der Waals surface area contributed by atoms with E-state index in [4.69, 9.17) is 5.73 Å². The summed E-state index contributed by atoms with van der Waals surface area (Å²) in [6.45, 7) is 0.667. The molecule has 0 aliphatic heterocycles. The second-order valence-corrected chi connectivity index (χ2v) is 2.71. The van der Waals surface area contributed by atoms with Gasteiger partial charge < -0.3 is 5.73 Å². The second kappa shape index (κ2) is 5.35. The Labute approximate surface area is 69.6 Å². The molecule has 1 fully saturated rings. The average Bonchev–Trinajstić information content (AvgIpc) is 1.90. The van der Waals surface area contributed by atoms with Gasteiger partial charge in [-0.25, -0.2) is 0 Å². The van der Waals surface area contributed by atoms with Crippen LogP contribution >= 0.6 is 0 Å². The number of hydrogen-bond donors (Lipinski definition) is 0. The fourth-order valence-corrected chi connectivity index (χ4v) is 1.39. The van der Waals surface area contributed by atoms with E-state index in [1.807, 2.05) is 0 Å². The van der Waals surface area contributed by atoms with Gasteiger partial charge in [-0.1, -0.05) is 38.0 Å². The topological polar surface area (TPSA) is 23.8 Å². The second-order valence-electron chi connectivity index (χ2n) is 2.71. The smallest absolute Gasteiger partial charge is 0.677 e. The third kappa shape index (κ3) is 3.30. The molecule has 2 heteroatoms. The van der Waals surface area contributed by atoms with Gasteiger partial charge in [-0.05, 0) is 0 Å². The molecule has 1 saturated carbocycles. The Balaban J connectivity index is 0.000000640. The van der Waals surface area contributed by atoms with Crippen molar-refractivity contribution in [2.75, 3.05) is 6.54 Å². The molecule has 0 amide bonds. The maximum Gasteiger partial charge on any atom is 1.00 e. The van der Waals surface area contributed by atoms with Crippen LogP contribution in [-0.2, 0) is 0 Å². The van der Waals surface area contributed by atoms with E-state index in [1.165, 1.54) is 32.1 Å². The summed E-state index contributed by atoms with van der Waals surface area (Å²) in [4.78, 5) is 0. The SMILES string of the molecule is [Li+].[NH-]CC1CCCCC1. The summed E-state index contributed by atoms with van der Waals surface area (Å²) < 4.78 is 0. The van der Waals surface area contributed by atoms with E-state index in [0.29, 0.717) is 6.54 Å². The molecule has 0 saturated heterocycles. The van der Waals surface area contributed by atoms with Crippen LogP contribution in [-0.4, -0.2) is 6.54 Å². The molecule has 48 valence electrons. The Morgan fingerprint density at radius 2 is 1.67 bits per heavy atom. The summed E-state index contributed by atoms with van der Waals surface area (Å²) in [5.74, 6) is 0.753. The Bertz CT molecular complexity index is 59.9. The third-order valence-electron chi connectivity index (χ3n) is 2.01. The molecule has 0 aromatic heterocycles. The molecule has 0 spiro atoms. The van der Waals surface area contributed by atoms with Gasteiger partial charge in [-0.2, -0.15) is 0 Å². The van der Waals surface area contributed by atoms with E-state index in [2.05, 4.69) is 0 Å². The van der Waals surface area contributed by atoms with Crippen LogP contribution in [0.25, 0.3) is 5.73 Å². The average molecular weight is 119 g/mol. The van der Waals surface area contributed by atoms with Crippen molar-refractivity contribution in [3.8, 4) is 0 Å². The van der Waals surface area contributed by atoms with Gasteiger partial charge in [0.1, 0.15) is 0 Å². The molecule has 0 aromatic rings. The minimum atomic E-state index is 0. The van der Waals surface area contributed by atoms with Gasteiger partial charge in [0.15, 0.2) is 0 Å². The molecule has 9 heavy (non-hydrogen) atoms. The van der Waals surface area contributed by atoms with Gasteiger partial charge in [0.05, 0.1) is 0 Å². The van der Waals surface area contributed by atoms with Gasteiger partial charge in [-0.3, -0.25) is 0 Å². The zero-order chi connectivity index (χ0) is 5.82. The van der Waals surface area contributed by atoms with Crippen LogP contribution in [0, 0.1) is 5.92 Å². The van der Waals surface area contributed by atoms with Gasteiger partial charge >= 0.3 is 18.9 Å². The van der Waals surface area contributed by atoms with Crippen molar-refractivity contribution in [3.63, 3.8) is 0 Å². The van der Waals surface area contributed by atoms with Crippen molar-refractivity contribution in [1.82, 2.24) is 0 Å². The Morgan fingerprint density at radius 3 is 2.00 bits per heavy atom. The van der Waals surface area contributed by atoms with Crippen molar-refractivity contribution in [3.05, 3.63) is 5.73 Å². The van der Waals surface area contributed by atoms with E-state index < -0.39 is 0 Å². The molecule has 0 aromatic carbocycles. The van der Waals surface area contributed by atoms with Crippen molar-refractivity contribution >= 4 is 0 Å². The van der Waals surface area contributed by atoms with Crippen LogP contribution in [0.5, 0.6) is 0 Å². The molecule has 1 N–H and O–H groups in total. The van der Waals surface area contributed by atoms with Gasteiger partial charge in [0, 0.05) is 0 Å². The molecule has 0 heterocycles. The van der Waals surface area contributed by atoms with Gasteiger partial charge in [0.2, 0.25) is 0 Å². The fraction of sp³-hybridized carbons (Fsp3) is 1.00. The van der Waals surface area contributed by atoms with Crippen molar-refractivity contribution in [1.29, 1.82) is 0 Å². The summed E-state index contributed by atoms with van der Waals surface area (Å²) in [6, 6.07) is 0. The number of hydrogen-bond acceptors (Lipinski definition) is 0. The van der Waals surface area contributed by atoms with Gasteiger partial charge in [0.25, 0.3) is 0 Å². The summed E-state index contributed by atoms with van der Waals surface area (Å²) in [5, 5.41) is 0. The van der Waals surface area contributed by atoms with Crippen LogP contribution < -0.4 is 18.9 Å². The fourth-order valence-electron chi connectivity index (χ4n) is 1.39. The van der Waals surface area contributed by atoms with E-state index in [-0.39, 0.29) is 18.9 Å². The predicted molar refractivity (Wildman–Crippen MR) is 35.8 cm³/mol.